The number of carbonyl (C=O) groups is 1. The van der Waals surface area contributed by atoms with Crippen LogP contribution in [0, 0.1) is 13.8 Å². The van der Waals surface area contributed by atoms with Crippen molar-refractivity contribution in [2.24, 2.45) is 5.73 Å². The van der Waals surface area contributed by atoms with E-state index in [2.05, 4.69) is 10.0 Å². The summed E-state index contributed by atoms with van der Waals surface area (Å²) in [4.78, 5) is 12.2. The maximum atomic E-state index is 12.7. The normalized spacial score (nSPS) is 13.3. The molecule has 2 aromatic rings. The largest absolute Gasteiger partial charge is 0.347 e. The van der Waals surface area contributed by atoms with Crippen LogP contribution in [0.2, 0.25) is 0 Å². The van der Waals surface area contributed by atoms with E-state index in [1.807, 2.05) is 43.3 Å². The smallest absolute Gasteiger partial charge is 0.240 e. The van der Waals surface area contributed by atoms with Crippen molar-refractivity contribution in [2.75, 3.05) is 6.54 Å². The lowest BCUT2D eigenvalue weighted by Gasteiger charge is -2.21. The number of hydrogen-bond acceptors (Lipinski definition) is 4. The highest BCUT2D eigenvalue weighted by Gasteiger charge is 2.22. The van der Waals surface area contributed by atoms with Crippen LogP contribution in [-0.2, 0) is 14.8 Å². The van der Waals surface area contributed by atoms with Gasteiger partial charge in [-0.3, -0.25) is 4.79 Å². The SMILES string of the molecule is Cc1ccc(S(=O)(=O)NCC(NC(=O)[C@H](C)N)c2ccccc2)c(C)c1.Cl. The summed E-state index contributed by atoms with van der Waals surface area (Å²) in [6, 6.07) is 13.1. The van der Waals surface area contributed by atoms with Crippen molar-refractivity contribution in [2.45, 2.75) is 37.8 Å². The molecule has 27 heavy (non-hydrogen) atoms. The van der Waals surface area contributed by atoms with Crippen LogP contribution in [0.25, 0.3) is 0 Å². The van der Waals surface area contributed by atoms with Crippen molar-refractivity contribution < 1.29 is 13.2 Å². The maximum Gasteiger partial charge on any atom is 0.240 e. The second-order valence-corrected chi connectivity index (χ2v) is 8.12. The van der Waals surface area contributed by atoms with Gasteiger partial charge in [-0.1, -0.05) is 48.0 Å². The molecule has 0 aromatic heterocycles. The molecule has 0 aliphatic heterocycles. The first-order chi connectivity index (χ1) is 12.2. The average Bonchev–Trinajstić information content (AvgIpc) is 2.58. The molecular formula is C19H26ClN3O3S. The first-order valence-corrected chi connectivity index (χ1v) is 9.87. The van der Waals surface area contributed by atoms with E-state index < -0.39 is 22.1 Å². The third-order valence-electron chi connectivity index (χ3n) is 4.03. The second kappa shape index (κ2) is 9.85. The zero-order chi connectivity index (χ0) is 19.3. The number of hydrogen-bond donors (Lipinski definition) is 3. The molecule has 0 fully saturated rings. The molecule has 148 valence electrons. The fourth-order valence-electron chi connectivity index (χ4n) is 2.61. The number of amides is 1. The van der Waals surface area contributed by atoms with Gasteiger partial charge < -0.3 is 11.1 Å². The molecule has 0 heterocycles. The topological polar surface area (TPSA) is 101 Å². The van der Waals surface area contributed by atoms with Gasteiger partial charge in [0, 0.05) is 6.54 Å². The van der Waals surface area contributed by atoms with Crippen LogP contribution in [-0.4, -0.2) is 26.9 Å². The molecule has 6 nitrogen and oxygen atoms in total. The molecule has 0 saturated heterocycles. The Morgan fingerprint density at radius 3 is 2.30 bits per heavy atom. The second-order valence-electron chi connectivity index (χ2n) is 6.38. The van der Waals surface area contributed by atoms with Crippen molar-refractivity contribution in [3.05, 3.63) is 65.2 Å². The lowest BCUT2D eigenvalue weighted by Crippen LogP contribution is -2.44. The van der Waals surface area contributed by atoms with Crippen LogP contribution in [0.1, 0.15) is 29.7 Å². The van der Waals surface area contributed by atoms with Gasteiger partial charge in [0.05, 0.1) is 17.0 Å². The van der Waals surface area contributed by atoms with Crippen molar-refractivity contribution in [3.8, 4) is 0 Å². The zero-order valence-corrected chi connectivity index (χ0v) is 17.2. The molecular weight excluding hydrogens is 386 g/mol. The van der Waals surface area contributed by atoms with Gasteiger partial charge in [-0.25, -0.2) is 13.1 Å². The molecule has 0 aliphatic carbocycles. The summed E-state index contributed by atoms with van der Waals surface area (Å²) in [7, 11) is -3.70. The number of rotatable bonds is 7. The molecule has 4 N–H and O–H groups in total. The highest BCUT2D eigenvalue weighted by Crippen LogP contribution is 2.18. The molecule has 2 atom stereocenters. The molecule has 0 bridgehead atoms. The third-order valence-corrected chi connectivity index (χ3v) is 5.61. The molecule has 0 spiro atoms. The van der Waals surface area contributed by atoms with E-state index in [1.165, 1.54) is 0 Å². The number of nitrogens with two attached hydrogens (primary N) is 1. The van der Waals surface area contributed by atoms with E-state index in [0.717, 1.165) is 11.1 Å². The van der Waals surface area contributed by atoms with Gasteiger partial charge >= 0.3 is 0 Å². The van der Waals surface area contributed by atoms with Crippen LogP contribution < -0.4 is 15.8 Å². The lowest BCUT2D eigenvalue weighted by molar-refractivity contribution is -0.122. The monoisotopic (exact) mass is 411 g/mol. The Morgan fingerprint density at radius 1 is 1.11 bits per heavy atom. The average molecular weight is 412 g/mol. The summed E-state index contributed by atoms with van der Waals surface area (Å²) in [5, 5.41) is 2.79. The highest BCUT2D eigenvalue weighted by molar-refractivity contribution is 7.89. The Labute approximate surface area is 167 Å². The fourth-order valence-corrected chi connectivity index (χ4v) is 3.88. The Kier molecular flexibility index (Phi) is 8.43. The van der Waals surface area contributed by atoms with Gasteiger partial charge in [-0.15, -0.1) is 12.4 Å². The first kappa shape index (κ1) is 23.1. The quantitative estimate of drug-likeness (QED) is 0.650. The number of sulfonamides is 1. The molecule has 0 saturated carbocycles. The lowest BCUT2D eigenvalue weighted by atomic mass is 10.1. The summed E-state index contributed by atoms with van der Waals surface area (Å²) < 4.78 is 27.9. The van der Waals surface area contributed by atoms with E-state index in [-0.39, 0.29) is 29.8 Å². The minimum Gasteiger partial charge on any atom is -0.347 e. The molecule has 2 rings (SSSR count). The minimum absolute atomic E-state index is 0. The van der Waals surface area contributed by atoms with Crippen LogP contribution >= 0.6 is 12.4 Å². The van der Waals surface area contributed by atoms with Gasteiger partial charge in [0.1, 0.15) is 0 Å². The number of aryl methyl sites for hydroxylation is 2. The van der Waals surface area contributed by atoms with Gasteiger partial charge in [0.25, 0.3) is 0 Å². The highest BCUT2D eigenvalue weighted by atomic mass is 35.5. The van der Waals surface area contributed by atoms with Crippen LogP contribution in [0.5, 0.6) is 0 Å². The van der Waals surface area contributed by atoms with Gasteiger partial charge in [-0.05, 0) is 38.0 Å². The van der Waals surface area contributed by atoms with E-state index in [9.17, 15) is 13.2 Å². The Morgan fingerprint density at radius 2 is 1.74 bits per heavy atom. The Balaban J connectivity index is 0.00000364. The predicted octanol–water partition coefficient (Wildman–Crippen LogP) is 2.21. The van der Waals surface area contributed by atoms with Crippen molar-refractivity contribution in [1.82, 2.24) is 10.0 Å². The molecule has 0 aliphatic rings. The van der Waals surface area contributed by atoms with Crippen molar-refractivity contribution >= 4 is 28.3 Å². The zero-order valence-electron chi connectivity index (χ0n) is 15.6. The molecule has 0 radical (unpaired) electrons. The van der Waals surface area contributed by atoms with Crippen LogP contribution in [0.3, 0.4) is 0 Å². The summed E-state index contributed by atoms with van der Waals surface area (Å²) in [5.74, 6) is -0.343. The summed E-state index contributed by atoms with van der Waals surface area (Å²) in [6.07, 6.45) is 0. The van der Waals surface area contributed by atoms with E-state index in [4.69, 9.17) is 5.73 Å². The number of nitrogens with one attached hydrogen (secondary N) is 2. The van der Waals surface area contributed by atoms with Crippen molar-refractivity contribution in [1.29, 1.82) is 0 Å². The number of halogens is 1. The molecule has 2 aromatic carbocycles. The van der Waals surface area contributed by atoms with Crippen LogP contribution in [0.15, 0.2) is 53.4 Å². The van der Waals surface area contributed by atoms with E-state index >= 15 is 0 Å². The standard InChI is InChI=1S/C19H25N3O3S.ClH/c1-13-9-10-18(14(2)11-13)26(24,25)21-12-17(22-19(23)15(3)20)16-7-5-4-6-8-16;/h4-11,15,17,21H,12,20H2,1-3H3,(H,22,23);1H/t15-,17?;/m0./s1. The maximum absolute atomic E-state index is 12.7. The van der Waals surface area contributed by atoms with E-state index in [1.54, 1.807) is 26.0 Å². The van der Waals surface area contributed by atoms with Crippen LogP contribution in [0.4, 0.5) is 0 Å². The van der Waals surface area contributed by atoms with Crippen molar-refractivity contribution in [3.63, 3.8) is 0 Å². The third kappa shape index (κ3) is 6.32. The first-order valence-electron chi connectivity index (χ1n) is 8.38. The van der Waals surface area contributed by atoms with Gasteiger partial charge in [-0.2, -0.15) is 0 Å². The minimum atomic E-state index is -3.70. The number of benzene rings is 2. The number of carbonyl (C=O) groups excluding carboxylic acids is 1. The molecule has 8 heteroatoms. The Bertz CT molecular complexity index is 871. The molecule has 1 amide bonds. The van der Waals surface area contributed by atoms with Gasteiger partial charge in [0.2, 0.25) is 15.9 Å². The molecule has 1 unspecified atom stereocenters. The fraction of sp³-hybridized carbons (Fsp3) is 0.316. The summed E-state index contributed by atoms with van der Waals surface area (Å²) >= 11 is 0. The summed E-state index contributed by atoms with van der Waals surface area (Å²) in [6.45, 7) is 5.27. The summed E-state index contributed by atoms with van der Waals surface area (Å²) in [5.41, 5.74) is 8.08. The Hall–Kier alpha value is -1.93. The predicted molar refractivity (Wildman–Crippen MR) is 109 cm³/mol. The van der Waals surface area contributed by atoms with Gasteiger partial charge in [0.15, 0.2) is 0 Å². The van der Waals surface area contributed by atoms with E-state index in [0.29, 0.717) is 5.56 Å².